The van der Waals surface area contributed by atoms with Crippen molar-refractivity contribution in [2.75, 3.05) is 6.54 Å². The van der Waals surface area contributed by atoms with E-state index in [1.165, 1.54) is 10.9 Å². The summed E-state index contributed by atoms with van der Waals surface area (Å²) in [5.74, 6) is 0.326. The highest BCUT2D eigenvalue weighted by molar-refractivity contribution is 5.84. The molecule has 32 heavy (non-hydrogen) atoms. The molecule has 164 valence electrons. The Bertz CT molecular complexity index is 1350. The van der Waals surface area contributed by atoms with Crippen LogP contribution in [0.2, 0.25) is 0 Å². The molecule has 2 aromatic heterocycles. The number of benzene rings is 2. The molecule has 0 saturated carbocycles. The van der Waals surface area contributed by atoms with Gasteiger partial charge in [0.1, 0.15) is 11.3 Å². The molecule has 2 aromatic carbocycles. The number of aryl methyl sites for hydroxylation is 1. The number of hydrogen-bond donors (Lipinski definition) is 2. The van der Waals surface area contributed by atoms with Gasteiger partial charge in [-0.2, -0.15) is 0 Å². The summed E-state index contributed by atoms with van der Waals surface area (Å²) >= 11 is 0. The zero-order valence-electron chi connectivity index (χ0n) is 18.1. The standard InChI is InChI=1S/C26H26N2O4/c1-16(25(29)27-13-12-17-15-28-23-9-5-4-6-19(17)23)31-18-10-11-21-20-7-2-3-8-22(20)26(30)32-24(21)14-18/h4-6,9-11,14-16,28H,2-3,7-8,12-13H2,1H3,(H,27,29)/t16-/m1/s1. The van der Waals surface area contributed by atoms with Crippen molar-refractivity contribution in [1.29, 1.82) is 0 Å². The van der Waals surface area contributed by atoms with Gasteiger partial charge in [-0.3, -0.25) is 4.79 Å². The first-order valence-electron chi connectivity index (χ1n) is 11.2. The zero-order chi connectivity index (χ0) is 22.1. The van der Waals surface area contributed by atoms with Gasteiger partial charge in [0, 0.05) is 40.7 Å². The number of amides is 1. The molecule has 0 unspecified atom stereocenters. The second-order valence-electron chi connectivity index (χ2n) is 8.37. The summed E-state index contributed by atoms with van der Waals surface area (Å²) in [6.07, 6.45) is 5.83. The highest BCUT2D eigenvalue weighted by atomic mass is 16.5. The minimum atomic E-state index is -0.667. The molecule has 1 amide bonds. The van der Waals surface area contributed by atoms with E-state index in [2.05, 4.69) is 16.4 Å². The molecule has 2 N–H and O–H groups in total. The molecule has 5 rings (SSSR count). The van der Waals surface area contributed by atoms with E-state index in [4.69, 9.17) is 9.15 Å². The number of aromatic amines is 1. The van der Waals surface area contributed by atoms with Crippen molar-refractivity contribution in [2.45, 2.75) is 45.1 Å². The molecule has 1 atom stereocenters. The van der Waals surface area contributed by atoms with Crippen molar-refractivity contribution in [3.8, 4) is 5.75 Å². The maximum absolute atomic E-state index is 12.5. The van der Waals surface area contributed by atoms with Gasteiger partial charge in [0.2, 0.25) is 0 Å². The van der Waals surface area contributed by atoms with Gasteiger partial charge in [0.05, 0.1) is 0 Å². The Kier molecular flexibility index (Phi) is 5.43. The van der Waals surface area contributed by atoms with E-state index in [0.29, 0.717) is 17.9 Å². The number of aromatic nitrogens is 1. The van der Waals surface area contributed by atoms with Gasteiger partial charge < -0.3 is 19.5 Å². The summed E-state index contributed by atoms with van der Waals surface area (Å²) in [6, 6.07) is 13.6. The lowest BCUT2D eigenvalue weighted by Gasteiger charge is -2.17. The van der Waals surface area contributed by atoms with Crippen LogP contribution in [0, 0.1) is 0 Å². The Hall–Kier alpha value is -3.54. The van der Waals surface area contributed by atoms with Crippen LogP contribution in [0.25, 0.3) is 21.9 Å². The normalized spacial score (nSPS) is 14.3. The Morgan fingerprint density at radius 1 is 1.12 bits per heavy atom. The highest BCUT2D eigenvalue weighted by Crippen LogP contribution is 2.29. The van der Waals surface area contributed by atoms with Gasteiger partial charge in [-0.25, -0.2) is 4.79 Å². The molecule has 0 fully saturated rings. The van der Waals surface area contributed by atoms with Crippen molar-refractivity contribution in [1.82, 2.24) is 10.3 Å². The lowest BCUT2D eigenvalue weighted by molar-refractivity contribution is -0.127. The number of H-pyrrole nitrogens is 1. The summed E-state index contributed by atoms with van der Waals surface area (Å²) in [7, 11) is 0. The van der Waals surface area contributed by atoms with Crippen molar-refractivity contribution >= 4 is 27.8 Å². The van der Waals surface area contributed by atoms with Gasteiger partial charge in [0.25, 0.3) is 5.91 Å². The number of carbonyl (C=O) groups is 1. The minimum Gasteiger partial charge on any atom is -0.481 e. The molecule has 1 aliphatic carbocycles. The van der Waals surface area contributed by atoms with Crippen molar-refractivity contribution in [2.24, 2.45) is 0 Å². The van der Waals surface area contributed by atoms with Crippen LogP contribution in [0.4, 0.5) is 0 Å². The zero-order valence-corrected chi connectivity index (χ0v) is 18.1. The number of fused-ring (bicyclic) bond motifs is 4. The molecular weight excluding hydrogens is 404 g/mol. The Labute approximate surface area is 185 Å². The maximum Gasteiger partial charge on any atom is 0.339 e. The maximum atomic E-state index is 12.5. The Morgan fingerprint density at radius 2 is 1.94 bits per heavy atom. The fourth-order valence-electron chi connectivity index (χ4n) is 4.56. The van der Waals surface area contributed by atoms with Gasteiger partial charge in [-0.15, -0.1) is 0 Å². The fraction of sp³-hybridized carbons (Fsp3) is 0.308. The van der Waals surface area contributed by atoms with Crippen molar-refractivity contribution < 1.29 is 13.9 Å². The third-order valence-electron chi connectivity index (χ3n) is 6.25. The molecular formula is C26H26N2O4. The molecule has 0 radical (unpaired) electrons. The smallest absolute Gasteiger partial charge is 0.339 e. The molecule has 6 heteroatoms. The van der Waals surface area contributed by atoms with Crippen LogP contribution >= 0.6 is 0 Å². The fourth-order valence-corrected chi connectivity index (χ4v) is 4.56. The van der Waals surface area contributed by atoms with Crippen LogP contribution in [0.1, 0.15) is 36.5 Å². The summed E-state index contributed by atoms with van der Waals surface area (Å²) in [4.78, 5) is 28.1. The predicted molar refractivity (Wildman–Crippen MR) is 124 cm³/mol. The van der Waals surface area contributed by atoms with E-state index in [-0.39, 0.29) is 11.5 Å². The van der Waals surface area contributed by atoms with E-state index in [1.54, 1.807) is 13.0 Å². The molecule has 6 nitrogen and oxygen atoms in total. The summed E-state index contributed by atoms with van der Waals surface area (Å²) in [5.41, 5.74) is 4.42. The quantitative estimate of drug-likeness (QED) is 0.447. The number of rotatable bonds is 6. The first-order chi connectivity index (χ1) is 15.6. The molecule has 0 saturated heterocycles. The predicted octanol–water partition coefficient (Wildman–Crippen LogP) is 4.28. The largest absolute Gasteiger partial charge is 0.481 e. The lowest BCUT2D eigenvalue weighted by atomic mass is 9.91. The average molecular weight is 431 g/mol. The Balaban J connectivity index is 1.23. The van der Waals surface area contributed by atoms with E-state index in [1.807, 2.05) is 36.5 Å². The first kappa shape index (κ1) is 20.4. The van der Waals surface area contributed by atoms with Crippen LogP contribution in [-0.4, -0.2) is 23.5 Å². The SMILES string of the molecule is C[C@@H](Oc1ccc2c3c(c(=O)oc2c1)CCCC3)C(=O)NCCc1c[nH]c2ccccc12. The Morgan fingerprint density at radius 3 is 2.81 bits per heavy atom. The molecule has 2 heterocycles. The van der Waals surface area contributed by atoms with Crippen molar-refractivity contribution in [3.05, 3.63) is 75.8 Å². The van der Waals surface area contributed by atoms with E-state index in [9.17, 15) is 9.59 Å². The average Bonchev–Trinajstić information content (AvgIpc) is 3.22. The number of para-hydroxylation sites is 1. The molecule has 0 spiro atoms. The van der Waals surface area contributed by atoms with E-state index < -0.39 is 6.10 Å². The van der Waals surface area contributed by atoms with Crippen LogP contribution in [0.3, 0.4) is 0 Å². The monoisotopic (exact) mass is 430 g/mol. The van der Waals surface area contributed by atoms with Gasteiger partial charge in [-0.05, 0) is 68.4 Å². The molecule has 0 bridgehead atoms. The lowest BCUT2D eigenvalue weighted by Crippen LogP contribution is -2.37. The third-order valence-corrected chi connectivity index (χ3v) is 6.25. The molecule has 4 aromatic rings. The topological polar surface area (TPSA) is 84.3 Å². The van der Waals surface area contributed by atoms with Crippen LogP contribution in [-0.2, 0) is 24.1 Å². The van der Waals surface area contributed by atoms with Gasteiger partial charge >= 0.3 is 5.63 Å². The number of nitrogens with one attached hydrogen (secondary N) is 2. The summed E-state index contributed by atoms with van der Waals surface area (Å²) < 4.78 is 11.4. The molecule has 1 aliphatic rings. The second kappa shape index (κ2) is 8.54. The number of ether oxygens (including phenoxy) is 1. The number of carbonyl (C=O) groups excluding carboxylic acids is 1. The van der Waals surface area contributed by atoms with Gasteiger partial charge in [0.15, 0.2) is 6.10 Å². The van der Waals surface area contributed by atoms with Gasteiger partial charge in [-0.1, -0.05) is 18.2 Å². The summed E-state index contributed by atoms with van der Waals surface area (Å²) in [6.45, 7) is 2.24. The molecule has 0 aliphatic heterocycles. The van der Waals surface area contributed by atoms with E-state index in [0.717, 1.165) is 54.1 Å². The highest BCUT2D eigenvalue weighted by Gasteiger charge is 2.19. The number of hydrogen-bond acceptors (Lipinski definition) is 4. The van der Waals surface area contributed by atoms with E-state index >= 15 is 0 Å². The van der Waals surface area contributed by atoms with Crippen LogP contribution in [0.15, 0.2) is 57.9 Å². The third kappa shape index (κ3) is 3.88. The van der Waals surface area contributed by atoms with Crippen LogP contribution in [0.5, 0.6) is 5.75 Å². The van der Waals surface area contributed by atoms with Crippen molar-refractivity contribution in [3.63, 3.8) is 0 Å². The summed E-state index contributed by atoms with van der Waals surface area (Å²) in [5, 5.41) is 5.07. The minimum absolute atomic E-state index is 0.183. The second-order valence-corrected chi connectivity index (χ2v) is 8.37. The van der Waals surface area contributed by atoms with Crippen LogP contribution < -0.4 is 15.7 Å². The first-order valence-corrected chi connectivity index (χ1v) is 11.2.